The Bertz CT molecular complexity index is 917. The minimum Gasteiger partial charge on any atom is -0.310 e. The first-order valence-electron chi connectivity index (χ1n) is 6.65. The predicted octanol–water partition coefficient (Wildman–Crippen LogP) is 3.05. The van der Waals surface area contributed by atoms with Gasteiger partial charge in [0.15, 0.2) is 0 Å². The Morgan fingerprint density at radius 2 is 2.18 bits per heavy atom. The SMILES string of the molecule is O=C1Nc2nc(Cl)ccc2C1C=Nc1ccc2cn[nH]c2c1. The first-order chi connectivity index (χ1) is 10.7. The van der Waals surface area contributed by atoms with Crippen molar-refractivity contribution in [1.29, 1.82) is 0 Å². The summed E-state index contributed by atoms with van der Waals surface area (Å²) in [5, 5.41) is 10.9. The fraction of sp³-hybridized carbons (Fsp3) is 0.0667. The van der Waals surface area contributed by atoms with E-state index in [2.05, 4.69) is 25.5 Å². The van der Waals surface area contributed by atoms with E-state index in [0.29, 0.717) is 11.0 Å². The van der Waals surface area contributed by atoms with E-state index >= 15 is 0 Å². The molecule has 0 bridgehead atoms. The van der Waals surface area contributed by atoms with Gasteiger partial charge < -0.3 is 5.32 Å². The largest absolute Gasteiger partial charge is 0.310 e. The summed E-state index contributed by atoms with van der Waals surface area (Å²) >= 11 is 5.83. The summed E-state index contributed by atoms with van der Waals surface area (Å²) in [7, 11) is 0. The molecule has 1 aliphatic rings. The Balaban J connectivity index is 1.67. The van der Waals surface area contributed by atoms with Gasteiger partial charge in [0.1, 0.15) is 16.9 Å². The zero-order valence-electron chi connectivity index (χ0n) is 11.2. The molecule has 0 radical (unpaired) electrons. The maximum atomic E-state index is 12.0. The van der Waals surface area contributed by atoms with Gasteiger partial charge in [0, 0.05) is 17.2 Å². The molecule has 108 valence electrons. The van der Waals surface area contributed by atoms with Crippen molar-refractivity contribution in [3.63, 3.8) is 0 Å². The zero-order chi connectivity index (χ0) is 15.1. The van der Waals surface area contributed by atoms with Crippen LogP contribution in [0.4, 0.5) is 11.5 Å². The lowest BCUT2D eigenvalue weighted by Gasteiger charge is -2.01. The number of aromatic nitrogens is 3. The average molecular weight is 312 g/mol. The Kier molecular flexibility index (Phi) is 2.90. The number of hydrogen-bond acceptors (Lipinski definition) is 4. The molecule has 2 N–H and O–H groups in total. The van der Waals surface area contributed by atoms with Gasteiger partial charge in [0.05, 0.1) is 17.4 Å². The molecule has 1 unspecified atom stereocenters. The monoisotopic (exact) mass is 311 g/mol. The van der Waals surface area contributed by atoms with E-state index in [1.807, 2.05) is 18.2 Å². The van der Waals surface area contributed by atoms with Crippen molar-refractivity contribution in [2.24, 2.45) is 4.99 Å². The number of amides is 1. The number of halogens is 1. The van der Waals surface area contributed by atoms with E-state index in [4.69, 9.17) is 11.6 Å². The molecule has 3 aromatic rings. The Morgan fingerprint density at radius 3 is 3.09 bits per heavy atom. The summed E-state index contributed by atoms with van der Waals surface area (Å²) in [6.07, 6.45) is 3.37. The smallest absolute Gasteiger partial charge is 0.238 e. The summed E-state index contributed by atoms with van der Waals surface area (Å²) in [5.74, 6) is -0.119. The van der Waals surface area contributed by atoms with Crippen molar-refractivity contribution in [3.8, 4) is 0 Å². The van der Waals surface area contributed by atoms with Crippen molar-refractivity contribution in [2.75, 3.05) is 5.32 Å². The van der Waals surface area contributed by atoms with Crippen LogP contribution in [0.3, 0.4) is 0 Å². The van der Waals surface area contributed by atoms with E-state index in [1.165, 1.54) is 0 Å². The van der Waals surface area contributed by atoms with Gasteiger partial charge in [-0.2, -0.15) is 5.10 Å². The number of aromatic amines is 1. The molecule has 0 spiro atoms. The number of aliphatic imine (C=N–C) groups is 1. The van der Waals surface area contributed by atoms with Crippen LogP contribution in [-0.2, 0) is 4.79 Å². The molecule has 6 nitrogen and oxygen atoms in total. The van der Waals surface area contributed by atoms with Crippen molar-refractivity contribution in [1.82, 2.24) is 15.2 Å². The third kappa shape index (κ3) is 2.14. The van der Waals surface area contributed by atoms with Gasteiger partial charge in [0.2, 0.25) is 5.91 Å². The topological polar surface area (TPSA) is 83.0 Å². The minimum atomic E-state index is -0.461. The number of H-pyrrole nitrogens is 1. The Hall–Kier alpha value is -2.73. The van der Waals surface area contributed by atoms with Gasteiger partial charge in [-0.05, 0) is 24.3 Å². The zero-order valence-corrected chi connectivity index (χ0v) is 12.0. The molecule has 1 aliphatic heterocycles. The minimum absolute atomic E-state index is 0.156. The second-order valence-electron chi connectivity index (χ2n) is 4.96. The number of fused-ring (bicyclic) bond motifs is 2. The number of carbonyl (C=O) groups excluding carboxylic acids is 1. The van der Waals surface area contributed by atoms with Crippen molar-refractivity contribution in [2.45, 2.75) is 5.92 Å². The number of pyridine rings is 1. The number of benzene rings is 1. The van der Waals surface area contributed by atoms with Gasteiger partial charge in [-0.15, -0.1) is 0 Å². The average Bonchev–Trinajstić information content (AvgIpc) is 3.07. The number of nitrogens with one attached hydrogen (secondary N) is 2. The summed E-state index contributed by atoms with van der Waals surface area (Å²) in [4.78, 5) is 20.5. The number of nitrogens with zero attached hydrogens (tertiary/aromatic N) is 3. The van der Waals surface area contributed by atoms with Crippen molar-refractivity contribution in [3.05, 3.63) is 47.2 Å². The summed E-state index contributed by atoms with van der Waals surface area (Å²) < 4.78 is 0. The highest BCUT2D eigenvalue weighted by molar-refractivity contribution is 6.29. The molecule has 7 heteroatoms. The molecule has 0 fully saturated rings. The number of hydrogen-bond donors (Lipinski definition) is 2. The molecule has 0 saturated heterocycles. The maximum Gasteiger partial charge on any atom is 0.238 e. The molecular weight excluding hydrogens is 302 g/mol. The lowest BCUT2D eigenvalue weighted by Crippen LogP contribution is -2.12. The molecule has 1 amide bonds. The standard InChI is InChI=1S/C15H10ClN5O/c16-13-4-3-10-11(15(22)20-14(10)19-13)7-17-9-2-1-8-6-18-21-12(8)5-9/h1-7,11H,(H,18,21)(H,19,20,22). The lowest BCUT2D eigenvalue weighted by atomic mass is 10.0. The number of carbonyl (C=O) groups is 1. The fourth-order valence-corrected chi connectivity index (χ4v) is 2.59. The van der Waals surface area contributed by atoms with Crippen LogP contribution in [0, 0.1) is 0 Å². The molecular formula is C15H10ClN5O. The van der Waals surface area contributed by atoms with E-state index in [0.717, 1.165) is 22.2 Å². The van der Waals surface area contributed by atoms with Crippen LogP contribution in [0.2, 0.25) is 5.15 Å². The Labute approximate surface area is 130 Å². The van der Waals surface area contributed by atoms with Gasteiger partial charge in [-0.3, -0.25) is 14.9 Å². The summed E-state index contributed by atoms with van der Waals surface area (Å²) in [6, 6.07) is 9.14. The molecule has 22 heavy (non-hydrogen) atoms. The highest BCUT2D eigenvalue weighted by Gasteiger charge is 2.30. The third-order valence-electron chi connectivity index (χ3n) is 3.55. The summed E-state index contributed by atoms with van der Waals surface area (Å²) in [5.41, 5.74) is 2.43. The van der Waals surface area contributed by atoms with Crippen LogP contribution in [0.25, 0.3) is 10.9 Å². The molecule has 4 rings (SSSR count). The Morgan fingerprint density at radius 1 is 1.27 bits per heavy atom. The second kappa shape index (κ2) is 4.92. The lowest BCUT2D eigenvalue weighted by molar-refractivity contribution is -0.115. The van der Waals surface area contributed by atoms with Gasteiger partial charge in [-0.25, -0.2) is 4.98 Å². The first-order valence-corrected chi connectivity index (χ1v) is 7.03. The maximum absolute atomic E-state index is 12.0. The van der Waals surface area contributed by atoms with Crippen molar-refractivity contribution < 1.29 is 4.79 Å². The highest BCUT2D eigenvalue weighted by Crippen LogP contribution is 2.31. The number of rotatable bonds is 2. The van der Waals surface area contributed by atoms with Gasteiger partial charge in [0.25, 0.3) is 0 Å². The van der Waals surface area contributed by atoms with Gasteiger partial charge >= 0.3 is 0 Å². The molecule has 1 aromatic carbocycles. The fourth-order valence-electron chi connectivity index (χ4n) is 2.45. The van der Waals surface area contributed by atoms with Crippen LogP contribution in [0.15, 0.2) is 41.5 Å². The van der Waals surface area contributed by atoms with E-state index < -0.39 is 5.92 Å². The molecule has 0 saturated carbocycles. The highest BCUT2D eigenvalue weighted by atomic mass is 35.5. The van der Waals surface area contributed by atoms with Crippen LogP contribution in [-0.4, -0.2) is 27.3 Å². The van der Waals surface area contributed by atoms with Crippen LogP contribution in [0.5, 0.6) is 0 Å². The number of anilines is 1. The predicted molar refractivity (Wildman–Crippen MR) is 84.9 cm³/mol. The van der Waals surface area contributed by atoms with Crippen LogP contribution < -0.4 is 5.32 Å². The molecule has 0 aliphatic carbocycles. The first kappa shape index (κ1) is 13.0. The van der Waals surface area contributed by atoms with E-state index in [1.54, 1.807) is 24.5 Å². The van der Waals surface area contributed by atoms with Crippen LogP contribution >= 0.6 is 11.6 Å². The molecule has 2 aromatic heterocycles. The third-order valence-corrected chi connectivity index (χ3v) is 3.76. The summed E-state index contributed by atoms with van der Waals surface area (Å²) in [6.45, 7) is 0. The van der Waals surface area contributed by atoms with E-state index in [9.17, 15) is 4.79 Å². The second-order valence-corrected chi connectivity index (χ2v) is 5.35. The normalized spacial score (nSPS) is 17.1. The van der Waals surface area contributed by atoms with Gasteiger partial charge in [-0.1, -0.05) is 17.7 Å². The van der Waals surface area contributed by atoms with Crippen molar-refractivity contribution >= 4 is 46.1 Å². The van der Waals surface area contributed by atoms with Crippen LogP contribution in [0.1, 0.15) is 11.5 Å². The quantitative estimate of drug-likeness (QED) is 0.563. The molecule has 1 atom stereocenters. The molecule has 3 heterocycles. The van der Waals surface area contributed by atoms with E-state index in [-0.39, 0.29) is 5.91 Å².